The third-order valence-corrected chi connectivity index (χ3v) is 2.20. The first-order valence-electron chi connectivity index (χ1n) is 5.87. The third-order valence-electron chi connectivity index (χ3n) is 1.98. The van der Waals surface area contributed by atoms with Crippen LogP contribution in [0.15, 0.2) is 24.3 Å². The Hall–Kier alpha value is -2.01. The number of anilines is 1. The van der Waals surface area contributed by atoms with Crippen molar-refractivity contribution in [2.24, 2.45) is 0 Å². The summed E-state index contributed by atoms with van der Waals surface area (Å²) in [6, 6.07) is 4.72. The van der Waals surface area contributed by atoms with Crippen molar-refractivity contribution >= 4 is 35.4 Å². The summed E-state index contributed by atoms with van der Waals surface area (Å²) in [5.74, 6) is -1.06. The molecular weight excluding hydrogens is 282 g/mol. The van der Waals surface area contributed by atoms with Crippen molar-refractivity contribution < 1.29 is 19.4 Å². The molecule has 0 heterocycles. The van der Waals surface area contributed by atoms with Crippen molar-refractivity contribution in [2.45, 2.75) is 26.4 Å². The molecule has 0 atom stereocenters. The molecule has 0 aliphatic heterocycles. The summed E-state index contributed by atoms with van der Waals surface area (Å²) < 4.78 is 5.11. The number of benzene rings is 1. The van der Waals surface area contributed by atoms with Gasteiger partial charge in [0.15, 0.2) is 0 Å². The molecule has 0 saturated carbocycles. The van der Waals surface area contributed by atoms with E-state index in [4.69, 9.17) is 21.4 Å². The zero-order valence-corrected chi connectivity index (χ0v) is 12.2. The summed E-state index contributed by atoms with van der Waals surface area (Å²) in [5.41, 5.74) is 0.386. The smallest absolute Gasteiger partial charge is 0.412 e. The summed E-state index contributed by atoms with van der Waals surface area (Å²) in [7, 11) is 0. The van der Waals surface area contributed by atoms with Crippen LogP contribution in [0.25, 0.3) is 6.08 Å². The van der Waals surface area contributed by atoms with Gasteiger partial charge in [-0.3, -0.25) is 5.32 Å². The molecule has 20 heavy (non-hydrogen) atoms. The van der Waals surface area contributed by atoms with Gasteiger partial charge in [-0.05, 0) is 50.6 Å². The molecule has 0 aromatic heterocycles. The Balaban J connectivity index is 2.86. The van der Waals surface area contributed by atoms with Crippen molar-refractivity contribution in [3.63, 3.8) is 0 Å². The van der Waals surface area contributed by atoms with E-state index < -0.39 is 17.7 Å². The van der Waals surface area contributed by atoms with E-state index >= 15 is 0 Å². The topological polar surface area (TPSA) is 75.6 Å². The maximum atomic E-state index is 11.6. The Morgan fingerprint density at radius 3 is 2.50 bits per heavy atom. The number of nitrogens with one attached hydrogen (secondary N) is 1. The van der Waals surface area contributed by atoms with Crippen LogP contribution in [0.1, 0.15) is 26.3 Å². The second kappa shape index (κ2) is 6.43. The Morgan fingerprint density at radius 1 is 1.30 bits per heavy atom. The minimum Gasteiger partial charge on any atom is -0.478 e. The van der Waals surface area contributed by atoms with Crippen molar-refractivity contribution in [1.29, 1.82) is 0 Å². The SMILES string of the molecule is CC(C)(C)OC(=O)Nc1cc(Cl)cc(/C=C/C(=O)O)c1. The van der Waals surface area contributed by atoms with E-state index in [1.807, 2.05) is 0 Å². The fourth-order valence-corrected chi connectivity index (χ4v) is 1.61. The van der Waals surface area contributed by atoms with Crippen LogP contribution in [-0.4, -0.2) is 22.8 Å². The molecule has 0 unspecified atom stereocenters. The predicted molar refractivity (Wildman–Crippen MR) is 78.0 cm³/mol. The van der Waals surface area contributed by atoms with E-state index in [9.17, 15) is 9.59 Å². The molecule has 0 bridgehead atoms. The minimum absolute atomic E-state index is 0.378. The quantitative estimate of drug-likeness (QED) is 0.832. The van der Waals surface area contributed by atoms with Gasteiger partial charge in [0.25, 0.3) is 0 Å². The largest absolute Gasteiger partial charge is 0.478 e. The Kier molecular flexibility index (Phi) is 5.16. The Bertz CT molecular complexity index is 547. The van der Waals surface area contributed by atoms with Crippen LogP contribution < -0.4 is 5.32 Å². The molecular formula is C14H16ClNO4. The zero-order chi connectivity index (χ0) is 15.3. The molecule has 5 nitrogen and oxygen atoms in total. The molecule has 0 aliphatic carbocycles. The van der Waals surface area contributed by atoms with Gasteiger partial charge in [0.05, 0.1) is 0 Å². The first-order valence-corrected chi connectivity index (χ1v) is 6.25. The number of hydrogen-bond acceptors (Lipinski definition) is 3. The van der Waals surface area contributed by atoms with Crippen molar-refractivity contribution in [3.8, 4) is 0 Å². The minimum atomic E-state index is -1.06. The monoisotopic (exact) mass is 297 g/mol. The fourth-order valence-electron chi connectivity index (χ4n) is 1.37. The summed E-state index contributed by atoms with van der Waals surface area (Å²) in [6.45, 7) is 5.27. The molecule has 0 aliphatic rings. The van der Waals surface area contributed by atoms with Crippen LogP contribution >= 0.6 is 11.6 Å². The average molecular weight is 298 g/mol. The van der Waals surface area contributed by atoms with Crippen LogP contribution in [-0.2, 0) is 9.53 Å². The van der Waals surface area contributed by atoms with Gasteiger partial charge in [-0.1, -0.05) is 11.6 Å². The Morgan fingerprint density at radius 2 is 1.95 bits per heavy atom. The van der Waals surface area contributed by atoms with Gasteiger partial charge < -0.3 is 9.84 Å². The predicted octanol–water partition coefficient (Wildman–Crippen LogP) is 3.78. The number of amides is 1. The van der Waals surface area contributed by atoms with Crippen LogP contribution in [0.5, 0.6) is 0 Å². The first-order chi connectivity index (χ1) is 9.15. The molecule has 1 amide bonds. The highest BCUT2D eigenvalue weighted by molar-refractivity contribution is 6.31. The van der Waals surface area contributed by atoms with Crippen molar-refractivity contribution in [2.75, 3.05) is 5.32 Å². The van der Waals surface area contributed by atoms with Gasteiger partial charge >= 0.3 is 12.1 Å². The van der Waals surface area contributed by atoms with Crippen LogP contribution in [0.3, 0.4) is 0 Å². The summed E-state index contributed by atoms with van der Waals surface area (Å²) in [6.07, 6.45) is 1.77. The van der Waals surface area contributed by atoms with Crippen molar-refractivity contribution in [3.05, 3.63) is 34.9 Å². The lowest BCUT2D eigenvalue weighted by molar-refractivity contribution is -0.131. The number of halogens is 1. The van der Waals surface area contributed by atoms with E-state index in [0.717, 1.165) is 6.08 Å². The van der Waals surface area contributed by atoms with Gasteiger partial charge in [0.1, 0.15) is 5.60 Å². The number of ether oxygens (including phenoxy) is 1. The zero-order valence-electron chi connectivity index (χ0n) is 11.4. The molecule has 0 spiro atoms. The summed E-state index contributed by atoms with van der Waals surface area (Å²) in [4.78, 5) is 22.1. The number of carboxylic acids is 1. The Labute approximate surface area is 122 Å². The molecule has 108 valence electrons. The molecule has 6 heteroatoms. The van der Waals surface area contributed by atoms with Crippen molar-refractivity contribution in [1.82, 2.24) is 0 Å². The number of carbonyl (C=O) groups is 2. The number of rotatable bonds is 3. The molecule has 1 aromatic carbocycles. The summed E-state index contributed by atoms with van der Waals surface area (Å²) >= 11 is 5.91. The number of aliphatic carboxylic acids is 1. The third kappa shape index (κ3) is 6.24. The number of hydrogen-bond donors (Lipinski definition) is 2. The van der Waals surface area contributed by atoms with Crippen LogP contribution in [0.2, 0.25) is 5.02 Å². The lowest BCUT2D eigenvalue weighted by Crippen LogP contribution is -2.27. The lowest BCUT2D eigenvalue weighted by atomic mass is 10.2. The van der Waals surface area contributed by atoms with Gasteiger partial charge in [0, 0.05) is 16.8 Å². The molecule has 0 fully saturated rings. The standard InChI is InChI=1S/C14H16ClNO4/c1-14(2,3)20-13(19)16-11-7-9(4-5-12(17)18)6-10(15)8-11/h4-8H,1-3H3,(H,16,19)(H,17,18)/b5-4+. The second-order valence-corrected chi connectivity index (χ2v) is 5.51. The fraction of sp³-hybridized carbons (Fsp3) is 0.286. The first kappa shape index (κ1) is 16.0. The molecule has 2 N–H and O–H groups in total. The van der Waals surface area contributed by atoms with E-state index in [1.54, 1.807) is 39.0 Å². The van der Waals surface area contributed by atoms with Crippen LogP contribution in [0.4, 0.5) is 10.5 Å². The molecule has 1 rings (SSSR count). The lowest BCUT2D eigenvalue weighted by Gasteiger charge is -2.19. The van der Waals surface area contributed by atoms with Gasteiger partial charge in [-0.2, -0.15) is 0 Å². The second-order valence-electron chi connectivity index (χ2n) is 5.07. The van der Waals surface area contributed by atoms with E-state index in [1.165, 1.54) is 6.08 Å². The van der Waals surface area contributed by atoms with E-state index in [0.29, 0.717) is 16.3 Å². The summed E-state index contributed by atoms with van der Waals surface area (Å²) in [5, 5.41) is 11.5. The highest BCUT2D eigenvalue weighted by Gasteiger charge is 2.16. The van der Waals surface area contributed by atoms with Crippen LogP contribution in [0, 0.1) is 0 Å². The normalized spacial score (nSPS) is 11.4. The highest BCUT2D eigenvalue weighted by atomic mass is 35.5. The van der Waals surface area contributed by atoms with Gasteiger partial charge in [0.2, 0.25) is 0 Å². The van der Waals surface area contributed by atoms with E-state index in [2.05, 4.69) is 5.32 Å². The highest BCUT2D eigenvalue weighted by Crippen LogP contribution is 2.21. The number of carbonyl (C=O) groups excluding carboxylic acids is 1. The van der Waals surface area contributed by atoms with E-state index in [-0.39, 0.29) is 0 Å². The average Bonchev–Trinajstić information content (AvgIpc) is 2.22. The molecule has 1 aromatic rings. The van der Waals surface area contributed by atoms with Gasteiger partial charge in [-0.25, -0.2) is 9.59 Å². The maximum absolute atomic E-state index is 11.6. The van der Waals surface area contributed by atoms with Gasteiger partial charge in [-0.15, -0.1) is 0 Å². The maximum Gasteiger partial charge on any atom is 0.412 e. The molecule has 0 saturated heterocycles. The molecule has 0 radical (unpaired) electrons. The number of carboxylic acid groups (broad SMARTS) is 1.